The molecule has 0 unspecified atom stereocenters. The van der Waals surface area contributed by atoms with Crippen molar-refractivity contribution >= 4 is 5.69 Å². The van der Waals surface area contributed by atoms with E-state index in [0.29, 0.717) is 11.7 Å². The fourth-order valence-electron chi connectivity index (χ4n) is 2.19. The summed E-state index contributed by atoms with van der Waals surface area (Å²) in [4.78, 5) is 4.48. The Bertz CT molecular complexity index is 762. The minimum absolute atomic E-state index is 0.536. The lowest BCUT2D eigenvalue weighted by atomic mass is 10.1. The first-order valence-corrected chi connectivity index (χ1v) is 6.41. The second-order valence-corrected chi connectivity index (χ2v) is 4.81. The molecule has 2 aromatic carbocycles. The zero-order valence-corrected chi connectivity index (χ0v) is 11.4. The second-order valence-electron chi connectivity index (χ2n) is 4.81. The molecule has 100 valence electrons. The molecule has 20 heavy (non-hydrogen) atoms. The van der Waals surface area contributed by atoms with E-state index in [-0.39, 0.29) is 0 Å². The normalized spacial score (nSPS) is 10.7. The van der Waals surface area contributed by atoms with Gasteiger partial charge in [-0.05, 0) is 49.2 Å². The summed E-state index contributed by atoms with van der Waals surface area (Å²) in [5.74, 6) is 1.12. The summed E-state index contributed by atoms with van der Waals surface area (Å²) < 4.78 is 5.38. The highest BCUT2D eigenvalue weighted by Crippen LogP contribution is 2.27. The molecular formula is C16H15N3O. The first-order valence-electron chi connectivity index (χ1n) is 6.41. The molecule has 4 nitrogen and oxygen atoms in total. The van der Waals surface area contributed by atoms with Gasteiger partial charge in [-0.1, -0.05) is 23.4 Å². The Hall–Kier alpha value is -2.62. The molecule has 0 bridgehead atoms. The summed E-state index contributed by atoms with van der Waals surface area (Å²) in [6.07, 6.45) is 0. The summed E-state index contributed by atoms with van der Waals surface area (Å²) in [5.41, 5.74) is 10.5. The highest BCUT2D eigenvalue weighted by molar-refractivity contribution is 5.66. The number of nitrogens with zero attached hydrogens (tertiary/aromatic N) is 2. The summed E-state index contributed by atoms with van der Waals surface area (Å²) in [6.45, 7) is 4.00. The van der Waals surface area contributed by atoms with Gasteiger partial charge < -0.3 is 10.3 Å². The zero-order chi connectivity index (χ0) is 14.1. The van der Waals surface area contributed by atoms with Crippen LogP contribution < -0.4 is 5.73 Å². The quantitative estimate of drug-likeness (QED) is 0.719. The Morgan fingerprint density at radius 1 is 0.950 bits per heavy atom. The van der Waals surface area contributed by atoms with E-state index in [1.807, 2.05) is 56.3 Å². The minimum atomic E-state index is 0.536. The molecule has 0 saturated carbocycles. The van der Waals surface area contributed by atoms with Crippen LogP contribution in [0.2, 0.25) is 0 Å². The molecule has 0 radical (unpaired) electrons. The third kappa shape index (κ3) is 2.16. The topological polar surface area (TPSA) is 64.9 Å². The molecule has 0 aliphatic rings. The maximum atomic E-state index is 5.76. The lowest BCUT2D eigenvalue weighted by Crippen LogP contribution is -1.90. The molecule has 0 aliphatic carbocycles. The van der Waals surface area contributed by atoms with Crippen molar-refractivity contribution in [1.29, 1.82) is 0 Å². The third-order valence-corrected chi connectivity index (χ3v) is 3.29. The molecule has 2 N–H and O–H groups in total. The van der Waals surface area contributed by atoms with Gasteiger partial charge in [-0.3, -0.25) is 0 Å². The average Bonchev–Trinajstić information content (AvgIpc) is 2.88. The molecule has 0 amide bonds. The van der Waals surface area contributed by atoms with Gasteiger partial charge >= 0.3 is 0 Å². The fraction of sp³-hybridized carbons (Fsp3) is 0.125. The molecule has 0 spiro atoms. The smallest absolute Gasteiger partial charge is 0.258 e. The van der Waals surface area contributed by atoms with Crippen molar-refractivity contribution in [3.05, 3.63) is 53.6 Å². The fourth-order valence-corrected chi connectivity index (χ4v) is 2.19. The van der Waals surface area contributed by atoms with E-state index in [0.717, 1.165) is 27.9 Å². The first-order chi connectivity index (χ1) is 9.65. The van der Waals surface area contributed by atoms with Gasteiger partial charge in [0.15, 0.2) is 0 Å². The Morgan fingerprint density at radius 2 is 1.75 bits per heavy atom. The van der Waals surface area contributed by atoms with Gasteiger partial charge in [-0.25, -0.2) is 0 Å². The molecule has 1 heterocycles. The molecule has 1 aromatic heterocycles. The number of nitrogen functional groups attached to an aromatic ring is 1. The number of rotatable bonds is 2. The van der Waals surface area contributed by atoms with Crippen molar-refractivity contribution in [3.63, 3.8) is 0 Å². The van der Waals surface area contributed by atoms with Crippen molar-refractivity contribution in [2.24, 2.45) is 0 Å². The van der Waals surface area contributed by atoms with E-state index in [2.05, 4.69) is 10.1 Å². The molecule has 3 aromatic rings. The van der Waals surface area contributed by atoms with Crippen LogP contribution in [0.15, 0.2) is 47.0 Å². The maximum Gasteiger partial charge on any atom is 0.258 e. The Kier molecular flexibility index (Phi) is 2.99. The predicted octanol–water partition coefficient (Wildman–Crippen LogP) is 3.60. The van der Waals surface area contributed by atoms with Crippen molar-refractivity contribution in [1.82, 2.24) is 10.1 Å². The number of nitrogens with two attached hydrogens (primary N) is 1. The van der Waals surface area contributed by atoms with Gasteiger partial charge in [0.25, 0.3) is 5.89 Å². The van der Waals surface area contributed by atoms with Gasteiger partial charge in [0.2, 0.25) is 5.82 Å². The monoisotopic (exact) mass is 265 g/mol. The van der Waals surface area contributed by atoms with Gasteiger partial charge in [0, 0.05) is 16.8 Å². The molecule has 0 aliphatic heterocycles. The van der Waals surface area contributed by atoms with Crippen LogP contribution in [0.4, 0.5) is 5.69 Å². The number of anilines is 1. The summed E-state index contributed by atoms with van der Waals surface area (Å²) in [6, 6.07) is 13.6. The average molecular weight is 265 g/mol. The SMILES string of the molecule is Cc1cc(N)ccc1-c1noc(-c2ccccc2C)n1. The lowest BCUT2D eigenvalue weighted by Gasteiger charge is -2.01. The van der Waals surface area contributed by atoms with E-state index in [4.69, 9.17) is 10.3 Å². The summed E-state index contributed by atoms with van der Waals surface area (Å²) >= 11 is 0. The largest absolute Gasteiger partial charge is 0.399 e. The highest BCUT2D eigenvalue weighted by Gasteiger charge is 2.13. The van der Waals surface area contributed by atoms with Crippen LogP contribution in [0.1, 0.15) is 11.1 Å². The standard InChI is InChI=1S/C16H15N3O/c1-10-5-3-4-6-14(10)16-18-15(19-20-16)13-8-7-12(17)9-11(13)2/h3-9H,17H2,1-2H3. The Morgan fingerprint density at radius 3 is 2.50 bits per heavy atom. The van der Waals surface area contributed by atoms with Crippen molar-refractivity contribution in [2.45, 2.75) is 13.8 Å². The van der Waals surface area contributed by atoms with Gasteiger partial charge in [-0.15, -0.1) is 0 Å². The van der Waals surface area contributed by atoms with Crippen LogP contribution in [0.25, 0.3) is 22.8 Å². The Balaban J connectivity index is 2.04. The molecule has 0 atom stereocenters. The summed E-state index contributed by atoms with van der Waals surface area (Å²) in [7, 11) is 0. The number of benzene rings is 2. The second kappa shape index (κ2) is 4.81. The number of hydrogen-bond donors (Lipinski definition) is 1. The number of aromatic nitrogens is 2. The van der Waals surface area contributed by atoms with Crippen LogP contribution in [-0.2, 0) is 0 Å². The van der Waals surface area contributed by atoms with Crippen LogP contribution in [0, 0.1) is 13.8 Å². The van der Waals surface area contributed by atoms with Crippen molar-refractivity contribution in [3.8, 4) is 22.8 Å². The van der Waals surface area contributed by atoms with Crippen molar-refractivity contribution in [2.75, 3.05) is 5.73 Å². The third-order valence-electron chi connectivity index (χ3n) is 3.29. The van der Waals surface area contributed by atoms with Crippen molar-refractivity contribution < 1.29 is 4.52 Å². The van der Waals surface area contributed by atoms with Gasteiger partial charge in [-0.2, -0.15) is 4.98 Å². The van der Waals surface area contributed by atoms with E-state index >= 15 is 0 Å². The van der Waals surface area contributed by atoms with Crippen LogP contribution in [-0.4, -0.2) is 10.1 Å². The van der Waals surface area contributed by atoms with E-state index in [9.17, 15) is 0 Å². The predicted molar refractivity (Wildman–Crippen MR) is 79.1 cm³/mol. The molecule has 0 saturated heterocycles. The molecular weight excluding hydrogens is 250 g/mol. The first kappa shape index (κ1) is 12.4. The van der Waals surface area contributed by atoms with Gasteiger partial charge in [0.1, 0.15) is 0 Å². The molecule has 3 rings (SSSR count). The van der Waals surface area contributed by atoms with E-state index in [1.54, 1.807) is 0 Å². The molecule has 0 fully saturated rings. The molecule has 4 heteroatoms. The highest BCUT2D eigenvalue weighted by atomic mass is 16.5. The Labute approximate surface area is 117 Å². The van der Waals surface area contributed by atoms with E-state index < -0.39 is 0 Å². The summed E-state index contributed by atoms with van der Waals surface area (Å²) in [5, 5.41) is 4.07. The zero-order valence-electron chi connectivity index (χ0n) is 11.4. The van der Waals surface area contributed by atoms with Crippen LogP contribution >= 0.6 is 0 Å². The van der Waals surface area contributed by atoms with Crippen LogP contribution in [0.5, 0.6) is 0 Å². The van der Waals surface area contributed by atoms with E-state index in [1.165, 1.54) is 0 Å². The van der Waals surface area contributed by atoms with Crippen LogP contribution in [0.3, 0.4) is 0 Å². The number of aryl methyl sites for hydroxylation is 2. The maximum absolute atomic E-state index is 5.76. The number of hydrogen-bond acceptors (Lipinski definition) is 4. The minimum Gasteiger partial charge on any atom is -0.399 e. The lowest BCUT2D eigenvalue weighted by molar-refractivity contribution is 0.432. The van der Waals surface area contributed by atoms with Gasteiger partial charge in [0.05, 0.1) is 0 Å².